The van der Waals surface area contributed by atoms with E-state index in [1.54, 1.807) is 0 Å². The number of nitrogens with two attached hydrogens (primary N) is 1. The Balaban J connectivity index is 1.68. The van der Waals surface area contributed by atoms with E-state index >= 15 is 0 Å². The molecule has 19 heavy (non-hydrogen) atoms. The van der Waals surface area contributed by atoms with Crippen LogP contribution in [0, 0.1) is 5.41 Å². The van der Waals surface area contributed by atoms with Gasteiger partial charge in [0.15, 0.2) is 0 Å². The summed E-state index contributed by atoms with van der Waals surface area (Å²) in [5, 5.41) is 0.742. The molecule has 1 aromatic rings. The fourth-order valence-corrected chi connectivity index (χ4v) is 2.17. The third-order valence-corrected chi connectivity index (χ3v) is 3.95. The molecule has 1 aliphatic heterocycles. The lowest BCUT2D eigenvalue weighted by atomic mass is 9.89. The van der Waals surface area contributed by atoms with Gasteiger partial charge in [-0.2, -0.15) is 0 Å². The van der Waals surface area contributed by atoms with E-state index in [1.165, 1.54) is 0 Å². The minimum Gasteiger partial charge on any atom is -0.488 e. The van der Waals surface area contributed by atoms with Gasteiger partial charge in [-0.1, -0.05) is 25.4 Å². The van der Waals surface area contributed by atoms with Crippen molar-refractivity contribution in [3.8, 4) is 5.75 Å². The predicted octanol–water partition coefficient (Wildman–Crippen LogP) is 2.78. The molecule has 1 heterocycles. The van der Waals surface area contributed by atoms with Crippen LogP contribution in [0.3, 0.4) is 0 Å². The number of nitrogens with zero attached hydrogens (tertiary/aromatic N) is 1. The molecule has 1 saturated heterocycles. The van der Waals surface area contributed by atoms with Gasteiger partial charge in [0.05, 0.1) is 0 Å². The van der Waals surface area contributed by atoms with Gasteiger partial charge in [-0.25, -0.2) is 0 Å². The highest BCUT2D eigenvalue weighted by Crippen LogP contribution is 2.23. The molecule has 1 aromatic carbocycles. The Morgan fingerprint density at radius 2 is 1.95 bits per heavy atom. The summed E-state index contributed by atoms with van der Waals surface area (Å²) in [4.78, 5) is 2.41. The Bertz CT molecular complexity index is 399. The molecule has 4 heteroatoms. The first-order valence-corrected chi connectivity index (χ1v) is 7.21. The largest absolute Gasteiger partial charge is 0.488 e. The zero-order valence-corrected chi connectivity index (χ0v) is 12.5. The van der Waals surface area contributed by atoms with Gasteiger partial charge >= 0.3 is 0 Å². The van der Waals surface area contributed by atoms with Crippen molar-refractivity contribution in [2.75, 3.05) is 26.2 Å². The Morgan fingerprint density at radius 1 is 1.32 bits per heavy atom. The molecule has 2 N–H and O–H groups in total. The second-order valence-corrected chi connectivity index (χ2v) is 6.51. The van der Waals surface area contributed by atoms with Crippen LogP contribution in [0.2, 0.25) is 5.02 Å². The maximum absolute atomic E-state index is 5.87. The van der Waals surface area contributed by atoms with Gasteiger partial charge in [-0.05, 0) is 49.2 Å². The number of rotatable bonds is 6. The Morgan fingerprint density at radius 3 is 2.53 bits per heavy atom. The third kappa shape index (κ3) is 4.37. The summed E-state index contributed by atoms with van der Waals surface area (Å²) in [6.45, 7) is 8.28. The summed E-state index contributed by atoms with van der Waals surface area (Å²) >= 11 is 5.84. The van der Waals surface area contributed by atoms with Gasteiger partial charge in [-0.3, -0.25) is 4.90 Å². The molecular weight excluding hydrogens is 260 g/mol. The molecule has 0 spiro atoms. The van der Waals surface area contributed by atoms with Crippen molar-refractivity contribution in [3.05, 3.63) is 29.3 Å². The second-order valence-electron chi connectivity index (χ2n) is 6.07. The van der Waals surface area contributed by atoms with Crippen molar-refractivity contribution in [3.63, 3.8) is 0 Å². The van der Waals surface area contributed by atoms with Crippen LogP contribution in [0.1, 0.15) is 20.3 Å². The number of benzene rings is 1. The number of hydrogen-bond donors (Lipinski definition) is 1. The number of halogens is 1. The summed E-state index contributed by atoms with van der Waals surface area (Å²) in [6, 6.07) is 7.55. The normalized spacial score (nSPS) is 17.3. The highest BCUT2D eigenvalue weighted by atomic mass is 35.5. The van der Waals surface area contributed by atoms with E-state index in [9.17, 15) is 0 Å². The molecule has 0 saturated carbocycles. The Kier molecular flexibility index (Phi) is 4.71. The molecule has 1 fully saturated rings. The van der Waals surface area contributed by atoms with Gasteiger partial charge in [-0.15, -0.1) is 0 Å². The average Bonchev–Trinajstić information content (AvgIpc) is 2.34. The Hall–Kier alpha value is -0.770. The molecule has 0 atom stereocenters. The number of likely N-dealkylation sites (tertiary alicyclic amines) is 1. The van der Waals surface area contributed by atoms with Gasteiger partial charge in [0.25, 0.3) is 0 Å². The molecule has 106 valence electrons. The molecule has 3 nitrogen and oxygen atoms in total. The van der Waals surface area contributed by atoms with Crippen LogP contribution in [-0.4, -0.2) is 37.2 Å². The van der Waals surface area contributed by atoms with E-state index in [2.05, 4.69) is 18.7 Å². The molecule has 0 radical (unpaired) electrons. The Labute approximate surface area is 120 Å². The standard InChI is InChI=1S/C15H23ClN2O/c1-15(2,11-17)7-8-18-9-14(10-18)19-13-5-3-12(16)4-6-13/h3-6,14H,7-11,17H2,1-2H3. The molecule has 0 bridgehead atoms. The van der Waals surface area contributed by atoms with Crippen molar-refractivity contribution in [2.24, 2.45) is 11.1 Å². The molecule has 0 aliphatic carbocycles. The summed E-state index contributed by atoms with van der Waals surface area (Å²) in [7, 11) is 0. The zero-order valence-electron chi connectivity index (χ0n) is 11.7. The minimum atomic E-state index is 0.238. The van der Waals surface area contributed by atoms with E-state index in [4.69, 9.17) is 22.1 Å². The van der Waals surface area contributed by atoms with E-state index in [-0.39, 0.29) is 5.41 Å². The van der Waals surface area contributed by atoms with Crippen molar-refractivity contribution in [1.82, 2.24) is 4.90 Å². The lowest BCUT2D eigenvalue weighted by Gasteiger charge is -2.40. The molecule has 0 amide bonds. The lowest BCUT2D eigenvalue weighted by molar-refractivity contribution is 0.0136. The topological polar surface area (TPSA) is 38.5 Å². The van der Waals surface area contributed by atoms with E-state index in [1.807, 2.05) is 24.3 Å². The van der Waals surface area contributed by atoms with Crippen LogP contribution in [0.5, 0.6) is 5.75 Å². The van der Waals surface area contributed by atoms with Gasteiger partial charge in [0.2, 0.25) is 0 Å². The first-order valence-electron chi connectivity index (χ1n) is 6.83. The summed E-state index contributed by atoms with van der Waals surface area (Å²) in [6.07, 6.45) is 1.44. The predicted molar refractivity (Wildman–Crippen MR) is 79.8 cm³/mol. The van der Waals surface area contributed by atoms with Crippen molar-refractivity contribution in [1.29, 1.82) is 0 Å². The summed E-state index contributed by atoms with van der Waals surface area (Å²) in [5.74, 6) is 0.899. The maximum Gasteiger partial charge on any atom is 0.124 e. The zero-order chi connectivity index (χ0) is 13.9. The first kappa shape index (κ1) is 14.6. The van der Waals surface area contributed by atoms with Gasteiger partial charge in [0, 0.05) is 18.1 Å². The SMILES string of the molecule is CC(C)(CN)CCN1CC(Oc2ccc(Cl)cc2)C1. The third-order valence-electron chi connectivity index (χ3n) is 3.70. The van der Waals surface area contributed by atoms with E-state index in [0.717, 1.165) is 43.4 Å². The van der Waals surface area contributed by atoms with E-state index < -0.39 is 0 Å². The lowest BCUT2D eigenvalue weighted by Crippen LogP contribution is -2.54. The van der Waals surface area contributed by atoms with Gasteiger partial charge in [0.1, 0.15) is 11.9 Å². The van der Waals surface area contributed by atoms with Gasteiger partial charge < -0.3 is 10.5 Å². The average molecular weight is 283 g/mol. The van der Waals surface area contributed by atoms with Crippen LogP contribution >= 0.6 is 11.6 Å². The highest BCUT2D eigenvalue weighted by molar-refractivity contribution is 6.30. The van der Waals surface area contributed by atoms with Crippen molar-refractivity contribution < 1.29 is 4.74 Å². The number of hydrogen-bond acceptors (Lipinski definition) is 3. The smallest absolute Gasteiger partial charge is 0.124 e. The van der Waals surface area contributed by atoms with Crippen molar-refractivity contribution >= 4 is 11.6 Å². The summed E-state index contributed by atoms with van der Waals surface area (Å²) in [5.41, 5.74) is 5.98. The van der Waals surface area contributed by atoms with Crippen LogP contribution in [-0.2, 0) is 0 Å². The maximum atomic E-state index is 5.87. The fraction of sp³-hybridized carbons (Fsp3) is 0.600. The molecule has 0 aromatic heterocycles. The fourth-order valence-electron chi connectivity index (χ4n) is 2.05. The molecular formula is C15H23ClN2O. The second kappa shape index (κ2) is 6.12. The van der Waals surface area contributed by atoms with Crippen LogP contribution in [0.4, 0.5) is 0 Å². The quantitative estimate of drug-likeness (QED) is 0.872. The monoisotopic (exact) mass is 282 g/mol. The van der Waals surface area contributed by atoms with Crippen molar-refractivity contribution in [2.45, 2.75) is 26.4 Å². The first-order chi connectivity index (χ1) is 8.98. The van der Waals surface area contributed by atoms with E-state index in [0.29, 0.717) is 6.10 Å². The van der Waals surface area contributed by atoms with Crippen LogP contribution in [0.25, 0.3) is 0 Å². The van der Waals surface area contributed by atoms with Crippen LogP contribution < -0.4 is 10.5 Å². The highest BCUT2D eigenvalue weighted by Gasteiger charge is 2.29. The molecule has 1 aliphatic rings. The minimum absolute atomic E-state index is 0.238. The summed E-state index contributed by atoms with van der Waals surface area (Å²) < 4.78 is 5.87. The number of ether oxygens (including phenoxy) is 1. The molecule has 2 rings (SSSR count). The molecule has 0 unspecified atom stereocenters. The van der Waals surface area contributed by atoms with Crippen LogP contribution in [0.15, 0.2) is 24.3 Å².